The predicted octanol–water partition coefficient (Wildman–Crippen LogP) is -2.80. The van der Waals surface area contributed by atoms with Gasteiger partial charge in [0, 0.05) is 44.2 Å². The van der Waals surface area contributed by atoms with Crippen molar-refractivity contribution in [1.82, 2.24) is 9.13 Å². The zero-order valence-corrected chi connectivity index (χ0v) is 33.9. The largest absolute Gasteiger partial charge is 0.311 e. The average Bonchev–Trinajstić information content (AvgIpc) is 3.82. The quantitative estimate of drug-likeness (QED) is 0.168. The normalized spacial score (nSPS) is 11.7. The molecule has 0 aliphatic carbocycles. The topological polar surface area (TPSA) is 9.86 Å². The standard InChI is InChI=1S/C48H19B13N2/c49-27-9-5-4-8-23(27)20-10-12-24(28(50)14-20)21-11-13-36(29(51)15-21)63-47-33(55)17-26(42(59)38(47)40-44(61)31(53)19-35(57)48(40)63)25-16-32(54)45-37(41(25)58)39-43(60)30(52)18-34(56)46(39)62(45)22-6-2-1-3-7-22/h1-19H. The molecular formula is C48H19B13N2. The molecule has 0 fully saturated rings. The molecule has 0 bridgehead atoms. The number of rotatable bonds is 5. The smallest absolute Gasteiger partial charge is 0.116 e. The number of nitrogens with zero attached hydrogens (tertiary/aromatic N) is 2. The first-order chi connectivity index (χ1) is 30.2. The summed E-state index contributed by atoms with van der Waals surface area (Å²) < 4.78 is 3.79. The third-order valence-electron chi connectivity index (χ3n) is 12.1. The molecule has 260 valence electrons. The highest BCUT2D eigenvalue weighted by Gasteiger charge is 2.25. The zero-order chi connectivity index (χ0) is 44.3. The molecule has 10 aromatic rings. The summed E-state index contributed by atoms with van der Waals surface area (Å²) in [5.74, 6) is 0. The second kappa shape index (κ2) is 15.2. The van der Waals surface area contributed by atoms with Gasteiger partial charge in [-0.2, -0.15) is 0 Å². The van der Waals surface area contributed by atoms with E-state index in [1.807, 2.05) is 100 Å². The van der Waals surface area contributed by atoms with E-state index in [9.17, 15) is 0 Å². The highest BCUT2D eigenvalue weighted by molar-refractivity contribution is 6.63. The summed E-state index contributed by atoms with van der Waals surface area (Å²) in [5.41, 5.74) is 12.5. The molecule has 0 saturated carbocycles. The van der Waals surface area contributed by atoms with Gasteiger partial charge >= 0.3 is 0 Å². The summed E-state index contributed by atoms with van der Waals surface area (Å²) in [6.07, 6.45) is 0. The highest BCUT2D eigenvalue weighted by Crippen LogP contribution is 2.34. The van der Waals surface area contributed by atoms with Gasteiger partial charge in [0.05, 0.1) is 0 Å². The summed E-state index contributed by atoms with van der Waals surface area (Å²) in [6.45, 7) is 0. The molecule has 15 heteroatoms. The van der Waals surface area contributed by atoms with Gasteiger partial charge in [-0.25, -0.2) is 0 Å². The van der Waals surface area contributed by atoms with E-state index in [4.69, 9.17) is 102 Å². The summed E-state index contributed by atoms with van der Waals surface area (Å²) in [4.78, 5) is 0. The Morgan fingerprint density at radius 3 is 1.21 bits per heavy atom. The third kappa shape index (κ3) is 6.20. The molecular weight excluding hydrogens is 745 g/mol. The second-order valence-corrected chi connectivity index (χ2v) is 15.9. The van der Waals surface area contributed by atoms with Crippen molar-refractivity contribution < 1.29 is 0 Å². The van der Waals surface area contributed by atoms with Gasteiger partial charge in [-0.1, -0.05) is 157 Å². The molecule has 0 N–H and O–H groups in total. The maximum atomic E-state index is 7.29. The van der Waals surface area contributed by atoms with E-state index in [0.29, 0.717) is 115 Å². The van der Waals surface area contributed by atoms with Crippen molar-refractivity contribution in [3.05, 3.63) is 115 Å². The Hall–Kier alpha value is -5.80. The number of aromatic nitrogens is 2. The number of hydrogen-bond donors (Lipinski definition) is 0. The molecule has 26 radical (unpaired) electrons. The molecule has 2 aromatic heterocycles. The van der Waals surface area contributed by atoms with Crippen LogP contribution < -0.4 is 71.0 Å². The van der Waals surface area contributed by atoms with E-state index in [-0.39, 0.29) is 16.4 Å². The van der Waals surface area contributed by atoms with Crippen LogP contribution >= 0.6 is 0 Å². The fourth-order valence-electron chi connectivity index (χ4n) is 9.28. The molecule has 0 saturated heterocycles. The maximum absolute atomic E-state index is 7.29. The molecule has 10 rings (SSSR count). The Labute approximate surface area is 383 Å². The van der Waals surface area contributed by atoms with E-state index in [2.05, 4.69) is 0 Å². The third-order valence-corrected chi connectivity index (χ3v) is 12.1. The van der Waals surface area contributed by atoms with Crippen LogP contribution in [-0.2, 0) is 0 Å². The summed E-state index contributed by atoms with van der Waals surface area (Å²) in [6, 6.07) is 35.4. The molecule has 8 aromatic carbocycles. The van der Waals surface area contributed by atoms with Crippen LogP contribution in [0.2, 0.25) is 0 Å². The van der Waals surface area contributed by atoms with Gasteiger partial charge in [0.25, 0.3) is 0 Å². The Morgan fingerprint density at radius 1 is 0.270 bits per heavy atom. The van der Waals surface area contributed by atoms with E-state index in [1.165, 1.54) is 0 Å². The highest BCUT2D eigenvalue weighted by atomic mass is 15.0. The van der Waals surface area contributed by atoms with Crippen LogP contribution in [0.4, 0.5) is 0 Å². The molecule has 2 heterocycles. The molecule has 2 nitrogen and oxygen atoms in total. The van der Waals surface area contributed by atoms with E-state index < -0.39 is 0 Å². The Bertz CT molecular complexity index is 3610. The minimum absolute atomic E-state index is 0.251. The van der Waals surface area contributed by atoms with Crippen LogP contribution in [0.3, 0.4) is 0 Å². The lowest BCUT2D eigenvalue weighted by Crippen LogP contribution is -2.32. The minimum atomic E-state index is 0.251. The van der Waals surface area contributed by atoms with Crippen LogP contribution in [0.5, 0.6) is 0 Å². The van der Waals surface area contributed by atoms with Gasteiger partial charge in [0.15, 0.2) is 0 Å². The molecule has 0 unspecified atom stereocenters. The lowest BCUT2D eigenvalue weighted by Gasteiger charge is -2.20. The molecule has 0 aliphatic heterocycles. The van der Waals surface area contributed by atoms with E-state index >= 15 is 0 Å². The van der Waals surface area contributed by atoms with Crippen molar-refractivity contribution >= 4 is 217 Å². The molecule has 0 amide bonds. The predicted molar refractivity (Wildman–Crippen MR) is 281 cm³/mol. The lowest BCUT2D eigenvalue weighted by molar-refractivity contribution is 1.19. The molecule has 0 spiro atoms. The van der Waals surface area contributed by atoms with Crippen LogP contribution in [0.25, 0.3) is 88.4 Å². The summed E-state index contributed by atoms with van der Waals surface area (Å²) >= 11 is 0. The zero-order valence-electron chi connectivity index (χ0n) is 33.9. The number of fused-ring (bicyclic) bond motifs is 6. The Morgan fingerprint density at radius 2 is 0.698 bits per heavy atom. The van der Waals surface area contributed by atoms with Gasteiger partial charge in [0.2, 0.25) is 0 Å². The fraction of sp³-hybridized carbons (Fsp3) is 0. The average molecular weight is 764 g/mol. The van der Waals surface area contributed by atoms with Crippen molar-refractivity contribution in [2.45, 2.75) is 0 Å². The Balaban J connectivity index is 1.21. The van der Waals surface area contributed by atoms with E-state index in [0.717, 1.165) is 27.9 Å². The number of hydrogen-bond acceptors (Lipinski definition) is 0. The van der Waals surface area contributed by atoms with Crippen LogP contribution in [0.1, 0.15) is 0 Å². The first-order valence-electron chi connectivity index (χ1n) is 19.9. The van der Waals surface area contributed by atoms with Crippen molar-refractivity contribution in [1.29, 1.82) is 0 Å². The number of para-hydroxylation sites is 1. The minimum Gasteiger partial charge on any atom is -0.311 e. The monoisotopic (exact) mass is 766 g/mol. The van der Waals surface area contributed by atoms with Crippen LogP contribution in [0.15, 0.2) is 115 Å². The van der Waals surface area contributed by atoms with Crippen molar-refractivity contribution in [2.75, 3.05) is 0 Å². The first-order valence-corrected chi connectivity index (χ1v) is 19.9. The SMILES string of the molecule is [B]c1ccccc1-c1ccc(-c2ccc(-n3c4c([B])cc([B])c([B])c4c4c([B])c(-c5cc([B])c6c(c5[B])c5c([B])c([B])cc([B])c5n6-c5ccccc5)cc([B])c43)c([B])c2)c([B])c1. The fourth-order valence-corrected chi connectivity index (χ4v) is 9.28. The molecule has 0 aliphatic rings. The molecule has 63 heavy (non-hydrogen) atoms. The van der Waals surface area contributed by atoms with Gasteiger partial charge in [-0.3, -0.25) is 0 Å². The first kappa shape index (κ1) is 41.2. The van der Waals surface area contributed by atoms with Crippen molar-refractivity contribution in [3.8, 4) is 44.8 Å². The summed E-state index contributed by atoms with van der Waals surface area (Å²) in [5, 5.41) is 2.05. The van der Waals surface area contributed by atoms with Crippen LogP contribution in [-0.4, -0.2) is 111 Å². The maximum Gasteiger partial charge on any atom is 0.116 e. The second-order valence-electron chi connectivity index (χ2n) is 15.9. The Kier molecular flexibility index (Phi) is 9.94. The van der Waals surface area contributed by atoms with Gasteiger partial charge in [0.1, 0.15) is 102 Å². The van der Waals surface area contributed by atoms with Gasteiger partial charge in [-0.15, -0.1) is 10.9 Å². The van der Waals surface area contributed by atoms with Gasteiger partial charge < -0.3 is 9.13 Å². The molecule has 0 atom stereocenters. The van der Waals surface area contributed by atoms with Crippen molar-refractivity contribution in [2.24, 2.45) is 0 Å². The summed E-state index contributed by atoms with van der Waals surface area (Å²) in [7, 11) is 88.5. The number of benzene rings is 8. The van der Waals surface area contributed by atoms with E-state index in [1.54, 1.807) is 24.3 Å². The van der Waals surface area contributed by atoms with Crippen molar-refractivity contribution in [3.63, 3.8) is 0 Å². The lowest BCUT2D eigenvalue weighted by atomic mass is 9.70. The van der Waals surface area contributed by atoms with Gasteiger partial charge in [-0.05, 0) is 62.4 Å². The van der Waals surface area contributed by atoms with Crippen LogP contribution in [0, 0.1) is 0 Å².